The largest absolute Gasteiger partial charge is 0.507 e. The molecule has 4 aliphatic rings. The van der Waals surface area contributed by atoms with E-state index in [0.29, 0.717) is 18.6 Å². The Balaban J connectivity index is 1.18. The molecule has 3 saturated heterocycles. The zero-order valence-corrected chi connectivity index (χ0v) is 28.0. The zero-order chi connectivity index (χ0) is 33.2. The molecule has 2 aromatic rings. The lowest BCUT2D eigenvalue weighted by Gasteiger charge is -2.43. The van der Waals surface area contributed by atoms with Crippen LogP contribution in [0.3, 0.4) is 0 Å². The molecule has 2 aromatic carbocycles. The molecule has 0 saturated carbocycles. The monoisotopic (exact) mass is 640 g/mol. The number of benzene rings is 2. The summed E-state index contributed by atoms with van der Waals surface area (Å²) in [4.78, 5) is 32.0. The number of amides is 2. The summed E-state index contributed by atoms with van der Waals surface area (Å²) in [5.74, 6) is -1.26. The fourth-order valence-electron chi connectivity index (χ4n) is 8.69. The van der Waals surface area contributed by atoms with Crippen LogP contribution in [0.5, 0.6) is 5.75 Å². The number of allylic oxidation sites excluding steroid dienone is 1. The van der Waals surface area contributed by atoms with Crippen LogP contribution in [0.1, 0.15) is 74.1 Å². The molecule has 3 heterocycles. The number of aryl methyl sites for hydroxylation is 2. The molecule has 3 aliphatic heterocycles. The lowest BCUT2D eigenvalue weighted by Crippen LogP contribution is -2.48. The van der Waals surface area contributed by atoms with Crippen LogP contribution in [-0.4, -0.2) is 75.8 Å². The summed E-state index contributed by atoms with van der Waals surface area (Å²) in [6.07, 6.45) is 7.08. The number of nitrogens with zero attached hydrogens (tertiary/aromatic N) is 2. The number of rotatable bonds is 10. The number of hydrogen-bond donors (Lipinski definition) is 3. The van der Waals surface area contributed by atoms with E-state index in [0.717, 1.165) is 79.6 Å². The van der Waals surface area contributed by atoms with Crippen LogP contribution in [0.15, 0.2) is 59.2 Å². The molecule has 0 unspecified atom stereocenters. The fourth-order valence-corrected chi connectivity index (χ4v) is 8.69. The second-order valence-electron chi connectivity index (χ2n) is 14.1. The maximum Gasteiger partial charge on any atom is 0.455 e. The van der Waals surface area contributed by atoms with E-state index in [4.69, 9.17) is 4.65 Å². The Kier molecular flexibility index (Phi) is 10.4. The van der Waals surface area contributed by atoms with E-state index >= 15 is 0 Å². The van der Waals surface area contributed by atoms with Gasteiger partial charge >= 0.3 is 7.12 Å². The smallest absolute Gasteiger partial charge is 0.455 e. The maximum atomic E-state index is 14.2. The van der Waals surface area contributed by atoms with E-state index < -0.39 is 25.1 Å². The lowest BCUT2D eigenvalue weighted by molar-refractivity contribution is -0.144. The minimum atomic E-state index is -1.04. The van der Waals surface area contributed by atoms with Gasteiger partial charge in [-0.2, -0.15) is 0 Å². The molecule has 3 N–H and O–H groups in total. The maximum absolute atomic E-state index is 14.2. The summed E-state index contributed by atoms with van der Waals surface area (Å²) < 4.78 is 6.15. The van der Waals surface area contributed by atoms with E-state index in [-0.39, 0.29) is 36.7 Å². The minimum Gasteiger partial charge on any atom is -0.507 e. The molecule has 0 bridgehead atoms. The molecule has 0 radical (unpaired) electrons. The van der Waals surface area contributed by atoms with Crippen molar-refractivity contribution in [3.63, 3.8) is 0 Å². The Morgan fingerprint density at radius 1 is 1.02 bits per heavy atom. The normalized spacial score (nSPS) is 25.9. The predicted octanol–water partition coefficient (Wildman–Crippen LogP) is 5.43. The Hall–Kier alpha value is -3.24. The zero-order valence-electron chi connectivity index (χ0n) is 28.0. The Morgan fingerprint density at radius 2 is 1.72 bits per heavy atom. The quantitative estimate of drug-likeness (QED) is 0.181. The van der Waals surface area contributed by atoms with Crippen LogP contribution >= 0.6 is 0 Å². The number of imide groups is 1. The number of phenols is 1. The first-order valence-electron chi connectivity index (χ1n) is 17.5. The highest BCUT2D eigenvalue weighted by Crippen LogP contribution is 2.51. The molecule has 3 fully saturated rings. The second kappa shape index (κ2) is 14.5. The molecule has 1 aliphatic carbocycles. The highest BCUT2D eigenvalue weighted by Gasteiger charge is 2.58. The van der Waals surface area contributed by atoms with Gasteiger partial charge in [0.15, 0.2) is 0 Å². The summed E-state index contributed by atoms with van der Waals surface area (Å²) in [6.45, 7) is 8.28. The van der Waals surface area contributed by atoms with Crippen LogP contribution in [0.25, 0.3) is 6.08 Å². The third kappa shape index (κ3) is 7.00. The standard InChI is InChI=1S/C38H49BN2O6/c1-4-8-26(19-28-17-24(2)36(43)25(3)18-28)11-12-33-34-29(23-42)20-31-35(32(34)21-39(46)47-33)38(45)41(37(31)44)30-13-15-40(16-14-30)22-27-9-6-5-7-10-27/h5-7,9-10,17-19,30-33,35,42-43,46H,4,8,11-16,20-23H2,1-3H3/b26-19+/t31-,32+,33-,35-/m1/s1. The molecule has 9 heteroatoms. The SMILES string of the molecule is CCC/C(=C\c1cc(C)c(O)c(C)c1)CC[C@H]1OB(O)C[C@H]2C1=C(CO)C[C@H]1C(=O)N(C3CCN(Cc4ccccc4)CC3)C(=O)[C@H]12. The highest BCUT2D eigenvalue weighted by atomic mass is 16.5. The Morgan fingerprint density at radius 3 is 2.38 bits per heavy atom. The lowest BCUT2D eigenvalue weighted by atomic mass is 9.58. The summed E-state index contributed by atoms with van der Waals surface area (Å²) in [5.41, 5.74) is 6.94. The van der Waals surface area contributed by atoms with Gasteiger partial charge in [0.05, 0.1) is 24.5 Å². The predicted molar refractivity (Wildman–Crippen MR) is 183 cm³/mol. The van der Waals surface area contributed by atoms with E-state index in [9.17, 15) is 24.8 Å². The highest BCUT2D eigenvalue weighted by molar-refractivity contribution is 6.43. The first-order chi connectivity index (χ1) is 22.7. The molecule has 0 spiro atoms. The van der Waals surface area contributed by atoms with Crippen molar-refractivity contribution in [2.75, 3.05) is 19.7 Å². The van der Waals surface area contributed by atoms with Gasteiger partial charge in [0.2, 0.25) is 11.8 Å². The second-order valence-corrected chi connectivity index (χ2v) is 14.1. The van der Waals surface area contributed by atoms with Crippen LogP contribution < -0.4 is 0 Å². The summed E-state index contributed by atoms with van der Waals surface area (Å²) in [7, 11) is -1.04. The minimum absolute atomic E-state index is 0.113. The van der Waals surface area contributed by atoms with E-state index in [1.807, 2.05) is 44.2 Å². The van der Waals surface area contributed by atoms with Crippen molar-refractivity contribution in [3.8, 4) is 5.75 Å². The number of hydrogen-bond acceptors (Lipinski definition) is 7. The van der Waals surface area contributed by atoms with Crippen molar-refractivity contribution in [1.29, 1.82) is 0 Å². The number of likely N-dealkylation sites (tertiary alicyclic amines) is 2. The molecule has 8 nitrogen and oxygen atoms in total. The van der Waals surface area contributed by atoms with Gasteiger partial charge in [-0.15, -0.1) is 0 Å². The summed E-state index contributed by atoms with van der Waals surface area (Å²) in [5, 5.41) is 31.7. The number of piperidine rings is 1. The summed E-state index contributed by atoms with van der Waals surface area (Å²) in [6, 6.07) is 14.2. The van der Waals surface area contributed by atoms with Crippen LogP contribution in [0, 0.1) is 31.6 Å². The van der Waals surface area contributed by atoms with Crippen molar-refractivity contribution < 1.29 is 29.5 Å². The van der Waals surface area contributed by atoms with Crippen molar-refractivity contribution in [2.45, 2.75) is 90.7 Å². The molecule has 47 heavy (non-hydrogen) atoms. The number of fused-ring (bicyclic) bond motifs is 3. The number of phenolic OH excluding ortho intramolecular Hbond substituents is 1. The molecular weight excluding hydrogens is 591 g/mol. The van der Waals surface area contributed by atoms with Gasteiger partial charge < -0.3 is 19.9 Å². The average Bonchev–Trinajstić information content (AvgIpc) is 3.31. The third-order valence-electron chi connectivity index (χ3n) is 10.9. The third-order valence-corrected chi connectivity index (χ3v) is 10.9. The van der Waals surface area contributed by atoms with Gasteiger partial charge in [0.25, 0.3) is 0 Å². The molecule has 250 valence electrons. The van der Waals surface area contributed by atoms with Gasteiger partial charge in [-0.05, 0) is 110 Å². The summed E-state index contributed by atoms with van der Waals surface area (Å²) >= 11 is 0. The number of aliphatic hydroxyl groups is 1. The van der Waals surface area contributed by atoms with E-state index in [2.05, 4.69) is 30.0 Å². The molecule has 6 rings (SSSR count). The van der Waals surface area contributed by atoms with Gasteiger partial charge in [-0.1, -0.05) is 55.3 Å². The van der Waals surface area contributed by atoms with Crippen molar-refractivity contribution >= 4 is 25.0 Å². The first-order valence-corrected chi connectivity index (χ1v) is 17.5. The van der Waals surface area contributed by atoms with Crippen LogP contribution in [-0.2, 0) is 20.8 Å². The first kappa shape index (κ1) is 33.7. The molecule has 0 aromatic heterocycles. The van der Waals surface area contributed by atoms with E-state index in [1.165, 1.54) is 11.1 Å². The average molecular weight is 641 g/mol. The number of carbonyl (C=O) groups is 2. The topological polar surface area (TPSA) is 111 Å². The molecular formula is C38H49BN2O6. The number of aromatic hydroxyl groups is 1. The van der Waals surface area contributed by atoms with Gasteiger partial charge in [-0.3, -0.25) is 19.4 Å². The van der Waals surface area contributed by atoms with Gasteiger partial charge in [0, 0.05) is 25.7 Å². The number of carbonyl (C=O) groups excluding carboxylic acids is 2. The molecule has 4 atom stereocenters. The van der Waals surface area contributed by atoms with Crippen LogP contribution in [0.2, 0.25) is 6.32 Å². The van der Waals surface area contributed by atoms with E-state index in [1.54, 1.807) is 4.90 Å². The Bertz CT molecular complexity index is 1510. The van der Waals surface area contributed by atoms with Gasteiger partial charge in [0.1, 0.15) is 5.75 Å². The van der Waals surface area contributed by atoms with Crippen LogP contribution in [0.4, 0.5) is 0 Å². The fraction of sp³-hybridized carbons (Fsp3) is 0.526. The number of aliphatic hydroxyl groups excluding tert-OH is 1. The van der Waals surface area contributed by atoms with Crippen molar-refractivity contribution in [1.82, 2.24) is 9.80 Å². The van der Waals surface area contributed by atoms with Gasteiger partial charge in [-0.25, -0.2) is 0 Å². The van der Waals surface area contributed by atoms with Crippen molar-refractivity contribution in [3.05, 3.63) is 81.4 Å². The van der Waals surface area contributed by atoms with Crippen molar-refractivity contribution in [2.24, 2.45) is 17.8 Å². The molecule has 2 amide bonds. The Labute approximate surface area is 279 Å².